The van der Waals surface area contributed by atoms with Crippen LogP contribution in [0.5, 0.6) is 0 Å². The van der Waals surface area contributed by atoms with Gasteiger partial charge in [-0.15, -0.1) is 0 Å². The summed E-state index contributed by atoms with van der Waals surface area (Å²) in [6, 6.07) is 19.8. The van der Waals surface area contributed by atoms with Crippen LogP contribution < -0.4 is 5.46 Å². The van der Waals surface area contributed by atoms with E-state index in [0.29, 0.717) is 0 Å². The lowest BCUT2D eigenvalue weighted by Gasteiger charge is -2.01. The molecule has 99 valence electrons. The Morgan fingerprint density at radius 3 is 2.62 bits per heavy atom. The fourth-order valence-corrected chi connectivity index (χ4v) is 3.33. The first-order valence-electron chi connectivity index (χ1n) is 7.66. The first-order valence-corrected chi connectivity index (χ1v) is 7.66. The summed E-state index contributed by atoms with van der Waals surface area (Å²) in [7, 11) is 2.42. The zero-order chi connectivity index (χ0) is 13.8. The summed E-state index contributed by atoms with van der Waals surface area (Å²) >= 11 is 0. The Morgan fingerprint density at radius 1 is 0.857 bits per heavy atom. The van der Waals surface area contributed by atoms with Crippen molar-refractivity contribution in [3.05, 3.63) is 54.6 Å². The van der Waals surface area contributed by atoms with Crippen LogP contribution in [0, 0.1) is 0 Å². The van der Waals surface area contributed by atoms with E-state index in [9.17, 15) is 0 Å². The molecule has 4 aromatic rings. The topological polar surface area (TPSA) is 15.8 Å². The van der Waals surface area contributed by atoms with E-state index < -0.39 is 0 Å². The Morgan fingerprint density at radius 2 is 1.71 bits per heavy atom. The second kappa shape index (κ2) is 4.14. The summed E-state index contributed by atoms with van der Waals surface area (Å²) in [6.07, 6.45) is 2.71. The van der Waals surface area contributed by atoms with Crippen molar-refractivity contribution in [3.63, 3.8) is 0 Å². The van der Waals surface area contributed by atoms with Crippen LogP contribution in [0.1, 0.15) is 12.8 Å². The molecule has 1 saturated carbocycles. The standard InChI is InChI=1S/C19H15BN/c1-2-4-15-12(3-1)5-9-18-19(15)16-11-14(20-13-6-7-13)8-10-17(16)21-18/h1-5,8-11,13,21H,6-7H2. The van der Waals surface area contributed by atoms with Gasteiger partial charge in [0.2, 0.25) is 0 Å². The first-order chi connectivity index (χ1) is 10.4. The van der Waals surface area contributed by atoms with Crippen molar-refractivity contribution in [1.82, 2.24) is 4.98 Å². The van der Waals surface area contributed by atoms with Crippen LogP contribution in [0.2, 0.25) is 5.82 Å². The number of aromatic nitrogens is 1. The maximum atomic E-state index is 3.55. The van der Waals surface area contributed by atoms with Crippen molar-refractivity contribution >= 4 is 45.3 Å². The molecule has 21 heavy (non-hydrogen) atoms. The molecule has 0 amide bonds. The molecule has 0 saturated heterocycles. The lowest BCUT2D eigenvalue weighted by molar-refractivity contribution is 1.45. The van der Waals surface area contributed by atoms with Crippen LogP contribution in [0.15, 0.2) is 54.6 Å². The highest BCUT2D eigenvalue weighted by Crippen LogP contribution is 2.35. The number of hydrogen-bond acceptors (Lipinski definition) is 0. The molecule has 1 nitrogen and oxygen atoms in total. The maximum Gasteiger partial charge on any atom is 0.155 e. The van der Waals surface area contributed by atoms with Crippen molar-refractivity contribution in [2.75, 3.05) is 0 Å². The summed E-state index contributed by atoms with van der Waals surface area (Å²) in [4.78, 5) is 3.55. The number of hydrogen-bond donors (Lipinski definition) is 1. The van der Waals surface area contributed by atoms with Crippen molar-refractivity contribution < 1.29 is 0 Å². The molecule has 1 fully saturated rings. The van der Waals surface area contributed by atoms with Gasteiger partial charge in [0.25, 0.3) is 0 Å². The van der Waals surface area contributed by atoms with Crippen molar-refractivity contribution in [3.8, 4) is 0 Å². The predicted molar refractivity (Wildman–Crippen MR) is 91.7 cm³/mol. The number of rotatable bonds is 2. The van der Waals surface area contributed by atoms with Gasteiger partial charge < -0.3 is 4.98 Å². The Labute approximate surface area is 124 Å². The summed E-state index contributed by atoms with van der Waals surface area (Å²) in [6.45, 7) is 0. The third-order valence-electron chi connectivity index (χ3n) is 4.56. The number of benzene rings is 3. The molecular formula is C19H15BN. The van der Waals surface area contributed by atoms with Gasteiger partial charge in [-0.1, -0.05) is 66.6 Å². The molecule has 0 bridgehead atoms. The molecule has 0 spiro atoms. The van der Waals surface area contributed by atoms with E-state index in [1.165, 1.54) is 50.9 Å². The van der Waals surface area contributed by atoms with Gasteiger partial charge in [0.15, 0.2) is 7.28 Å². The van der Waals surface area contributed by atoms with Crippen LogP contribution in [-0.2, 0) is 0 Å². The number of aromatic amines is 1. The number of H-pyrrole nitrogens is 1. The summed E-state index contributed by atoms with van der Waals surface area (Å²) in [5, 5.41) is 5.35. The summed E-state index contributed by atoms with van der Waals surface area (Å²) in [5.74, 6) is 0.810. The largest absolute Gasteiger partial charge is 0.354 e. The average Bonchev–Trinajstić information content (AvgIpc) is 3.25. The van der Waals surface area contributed by atoms with Crippen LogP contribution in [-0.4, -0.2) is 12.3 Å². The Kier molecular flexibility index (Phi) is 2.26. The fraction of sp³-hybridized carbons (Fsp3) is 0.158. The Bertz CT molecular complexity index is 979. The average molecular weight is 268 g/mol. The molecule has 5 rings (SSSR count). The van der Waals surface area contributed by atoms with Crippen LogP contribution in [0.25, 0.3) is 32.6 Å². The van der Waals surface area contributed by atoms with Crippen molar-refractivity contribution in [2.45, 2.75) is 18.7 Å². The van der Waals surface area contributed by atoms with Gasteiger partial charge in [-0.3, -0.25) is 0 Å². The highest BCUT2D eigenvalue weighted by Gasteiger charge is 2.22. The first kappa shape index (κ1) is 11.4. The normalized spacial score (nSPS) is 15.0. The highest BCUT2D eigenvalue weighted by atomic mass is 14.7. The molecule has 1 radical (unpaired) electrons. The van der Waals surface area contributed by atoms with Crippen LogP contribution in [0.3, 0.4) is 0 Å². The van der Waals surface area contributed by atoms with Gasteiger partial charge in [0.1, 0.15) is 0 Å². The van der Waals surface area contributed by atoms with Gasteiger partial charge in [0.05, 0.1) is 0 Å². The molecule has 0 aliphatic heterocycles. The molecule has 1 aromatic heterocycles. The highest BCUT2D eigenvalue weighted by molar-refractivity contribution is 6.56. The lowest BCUT2D eigenvalue weighted by Crippen LogP contribution is -2.12. The van der Waals surface area contributed by atoms with Gasteiger partial charge in [-0.2, -0.15) is 0 Å². The monoisotopic (exact) mass is 268 g/mol. The minimum atomic E-state index is 0.810. The molecule has 3 aromatic carbocycles. The summed E-state index contributed by atoms with van der Waals surface area (Å²) in [5.41, 5.74) is 3.82. The van der Waals surface area contributed by atoms with E-state index in [4.69, 9.17) is 0 Å². The SMILES string of the molecule is [B](c1ccc2[nH]c3ccc4ccccc4c3c2c1)C1CC1. The molecule has 0 atom stereocenters. The van der Waals surface area contributed by atoms with Gasteiger partial charge in [-0.05, 0) is 22.9 Å². The molecule has 1 heterocycles. The van der Waals surface area contributed by atoms with Gasteiger partial charge in [-0.25, -0.2) is 0 Å². The third kappa shape index (κ3) is 1.79. The number of fused-ring (bicyclic) bond motifs is 5. The van der Waals surface area contributed by atoms with Crippen LogP contribution >= 0.6 is 0 Å². The maximum absolute atomic E-state index is 3.55. The summed E-state index contributed by atoms with van der Waals surface area (Å²) < 4.78 is 0. The van der Waals surface area contributed by atoms with Crippen LogP contribution in [0.4, 0.5) is 0 Å². The van der Waals surface area contributed by atoms with Crippen molar-refractivity contribution in [1.29, 1.82) is 0 Å². The van der Waals surface area contributed by atoms with E-state index >= 15 is 0 Å². The van der Waals surface area contributed by atoms with E-state index in [-0.39, 0.29) is 0 Å². The van der Waals surface area contributed by atoms with E-state index in [2.05, 4.69) is 66.9 Å². The molecule has 1 aliphatic rings. The molecule has 1 N–H and O–H groups in total. The van der Waals surface area contributed by atoms with E-state index in [0.717, 1.165) is 5.82 Å². The minimum Gasteiger partial charge on any atom is -0.354 e. The zero-order valence-corrected chi connectivity index (χ0v) is 11.8. The Balaban J connectivity index is 1.86. The smallest absolute Gasteiger partial charge is 0.155 e. The van der Waals surface area contributed by atoms with E-state index in [1.807, 2.05) is 0 Å². The molecule has 0 unspecified atom stereocenters. The van der Waals surface area contributed by atoms with Crippen molar-refractivity contribution in [2.24, 2.45) is 0 Å². The van der Waals surface area contributed by atoms with E-state index in [1.54, 1.807) is 0 Å². The second-order valence-electron chi connectivity index (χ2n) is 6.14. The number of nitrogens with one attached hydrogen (secondary N) is 1. The predicted octanol–water partition coefficient (Wildman–Crippen LogP) is 4.39. The van der Waals surface area contributed by atoms with Gasteiger partial charge >= 0.3 is 0 Å². The molecular weight excluding hydrogens is 253 g/mol. The lowest BCUT2D eigenvalue weighted by atomic mass is 9.65. The molecule has 2 heteroatoms. The molecule has 1 aliphatic carbocycles. The third-order valence-corrected chi connectivity index (χ3v) is 4.56. The zero-order valence-electron chi connectivity index (χ0n) is 11.8. The quantitative estimate of drug-likeness (QED) is 0.519. The van der Waals surface area contributed by atoms with Gasteiger partial charge in [0, 0.05) is 21.8 Å². The Hall–Kier alpha value is -2.22. The minimum absolute atomic E-state index is 0.810. The fourth-order valence-electron chi connectivity index (χ4n) is 3.33. The second-order valence-corrected chi connectivity index (χ2v) is 6.14.